The summed E-state index contributed by atoms with van der Waals surface area (Å²) in [5.74, 6) is 0.501. The monoisotopic (exact) mass is 304 g/mol. The molecule has 2 aromatic rings. The van der Waals surface area contributed by atoms with E-state index in [9.17, 15) is 4.79 Å². The molecule has 0 unspecified atom stereocenters. The summed E-state index contributed by atoms with van der Waals surface area (Å²) in [6.45, 7) is 5.77. The summed E-state index contributed by atoms with van der Waals surface area (Å²) < 4.78 is 5.54. The molecule has 0 fully saturated rings. The Morgan fingerprint density at radius 1 is 1.24 bits per heavy atom. The van der Waals surface area contributed by atoms with Crippen LogP contribution in [0.4, 0.5) is 5.69 Å². The molecule has 5 heteroatoms. The SMILES string of the molecule is Cc1ccnc(Cl)c1NC(=O)c1ccc(OC(C)C)cc1. The van der Waals surface area contributed by atoms with Crippen LogP contribution in [-0.4, -0.2) is 17.0 Å². The first kappa shape index (κ1) is 15.3. The molecule has 0 saturated heterocycles. The van der Waals surface area contributed by atoms with Crippen molar-refractivity contribution < 1.29 is 9.53 Å². The first-order chi connectivity index (χ1) is 9.97. The molecule has 21 heavy (non-hydrogen) atoms. The average molecular weight is 305 g/mol. The molecular formula is C16H17ClN2O2. The van der Waals surface area contributed by atoms with Crippen LogP contribution in [0.15, 0.2) is 36.5 Å². The number of hydrogen-bond acceptors (Lipinski definition) is 3. The predicted molar refractivity (Wildman–Crippen MR) is 84.1 cm³/mol. The van der Waals surface area contributed by atoms with Crippen LogP contribution in [0.5, 0.6) is 5.75 Å². The Kier molecular flexibility index (Phi) is 4.81. The number of nitrogens with one attached hydrogen (secondary N) is 1. The molecule has 1 aromatic heterocycles. The van der Waals surface area contributed by atoms with E-state index in [2.05, 4.69) is 10.3 Å². The fraction of sp³-hybridized carbons (Fsp3) is 0.250. The van der Waals surface area contributed by atoms with Gasteiger partial charge in [0.1, 0.15) is 5.75 Å². The van der Waals surface area contributed by atoms with Gasteiger partial charge in [0.15, 0.2) is 5.15 Å². The second-order valence-corrected chi connectivity index (χ2v) is 5.30. The van der Waals surface area contributed by atoms with Gasteiger partial charge in [-0.25, -0.2) is 4.98 Å². The Hall–Kier alpha value is -2.07. The molecule has 1 amide bonds. The molecule has 0 atom stereocenters. The molecule has 0 aliphatic carbocycles. The maximum atomic E-state index is 12.2. The number of amides is 1. The molecule has 0 aliphatic rings. The van der Waals surface area contributed by atoms with E-state index < -0.39 is 0 Å². The van der Waals surface area contributed by atoms with Gasteiger partial charge in [-0.15, -0.1) is 0 Å². The highest BCUT2D eigenvalue weighted by Gasteiger charge is 2.11. The van der Waals surface area contributed by atoms with E-state index >= 15 is 0 Å². The molecule has 0 saturated carbocycles. The van der Waals surface area contributed by atoms with Crippen LogP contribution >= 0.6 is 11.6 Å². The van der Waals surface area contributed by atoms with Gasteiger partial charge in [0, 0.05) is 11.8 Å². The Bertz CT molecular complexity index is 619. The summed E-state index contributed by atoms with van der Waals surface area (Å²) in [5.41, 5.74) is 1.93. The van der Waals surface area contributed by atoms with Crippen molar-refractivity contribution in [1.82, 2.24) is 4.98 Å². The van der Waals surface area contributed by atoms with E-state index in [4.69, 9.17) is 16.3 Å². The Morgan fingerprint density at radius 3 is 2.48 bits per heavy atom. The van der Waals surface area contributed by atoms with Crippen LogP contribution in [0.25, 0.3) is 0 Å². The number of carbonyl (C=O) groups is 1. The summed E-state index contributed by atoms with van der Waals surface area (Å²) in [7, 11) is 0. The summed E-state index contributed by atoms with van der Waals surface area (Å²) >= 11 is 6.00. The third kappa shape index (κ3) is 3.95. The molecule has 1 aromatic carbocycles. The Balaban J connectivity index is 2.13. The molecule has 110 valence electrons. The first-order valence-electron chi connectivity index (χ1n) is 6.66. The van der Waals surface area contributed by atoms with E-state index in [1.165, 1.54) is 0 Å². The van der Waals surface area contributed by atoms with Gasteiger partial charge in [-0.3, -0.25) is 4.79 Å². The summed E-state index contributed by atoms with van der Waals surface area (Å²) in [5, 5.41) is 3.06. The highest BCUT2D eigenvalue weighted by molar-refractivity contribution is 6.32. The standard InChI is InChI=1S/C16H17ClN2O2/c1-10(2)21-13-6-4-12(5-7-13)16(20)19-14-11(3)8-9-18-15(14)17/h4-10H,1-3H3,(H,19,20). The van der Waals surface area contributed by atoms with Gasteiger partial charge in [0.25, 0.3) is 5.91 Å². The van der Waals surface area contributed by atoms with Crippen molar-refractivity contribution in [2.75, 3.05) is 5.32 Å². The van der Waals surface area contributed by atoms with Gasteiger partial charge in [-0.05, 0) is 56.7 Å². The van der Waals surface area contributed by atoms with Crippen LogP contribution < -0.4 is 10.1 Å². The van der Waals surface area contributed by atoms with Crippen LogP contribution in [-0.2, 0) is 0 Å². The number of anilines is 1. The number of benzene rings is 1. The van der Waals surface area contributed by atoms with Gasteiger partial charge >= 0.3 is 0 Å². The van der Waals surface area contributed by atoms with Crippen LogP contribution in [0.2, 0.25) is 5.15 Å². The third-order valence-corrected chi connectivity index (χ3v) is 3.13. The van der Waals surface area contributed by atoms with Crippen molar-refractivity contribution in [2.45, 2.75) is 26.9 Å². The number of hydrogen-bond donors (Lipinski definition) is 1. The minimum atomic E-state index is -0.232. The lowest BCUT2D eigenvalue weighted by molar-refractivity contribution is 0.102. The van der Waals surface area contributed by atoms with Gasteiger partial charge in [0.05, 0.1) is 11.8 Å². The quantitative estimate of drug-likeness (QED) is 0.866. The second kappa shape index (κ2) is 6.59. The topological polar surface area (TPSA) is 51.2 Å². The summed E-state index contributed by atoms with van der Waals surface area (Å²) in [6, 6.07) is 8.76. The highest BCUT2D eigenvalue weighted by atomic mass is 35.5. The summed E-state index contributed by atoms with van der Waals surface area (Å²) in [6.07, 6.45) is 1.70. The van der Waals surface area contributed by atoms with Crippen molar-refractivity contribution in [3.63, 3.8) is 0 Å². The lowest BCUT2D eigenvalue weighted by Crippen LogP contribution is -2.13. The molecule has 0 radical (unpaired) electrons. The molecule has 1 N–H and O–H groups in total. The van der Waals surface area contributed by atoms with Crippen LogP contribution in [0.3, 0.4) is 0 Å². The molecule has 4 nitrogen and oxygen atoms in total. The van der Waals surface area contributed by atoms with E-state index in [0.717, 1.165) is 11.3 Å². The van der Waals surface area contributed by atoms with Gasteiger partial charge < -0.3 is 10.1 Å². The number of carbonyl (C=O) groups excluding carboxylic acids is 1. The van der Waals surface area contributed by atoms with Crippen molar-refractivity contribution >= 4 is 23.2 Å². The lowest BCUT2D eigenvalue weighted by Gasteiger charge is -2.11. The molecule has 0 aliphatic heterocycles. The number of rotatable bonds is 4. The van der Waals surface area contributed by atoms with E-state index in [1.807, 2.05) is 20.8 Å². The molecule has 0 bridgehead atoms. The number of ether oxygens (including phenoxy) is 1. The number of aryl methyl sites for hydroxylation is 1. The normalized spacial score (nSPS) is 10.5. The van der Waals surface area contributed by atoms with E-state index in [1.54, 1.807) is 36.5 Å². The maximum absolute atomic E-state index is 12.2. The second-order valence-electron chi connectivity index (χ2n) is 4.94. The third-order valence-electron chi connectivity index (χ3n) is 2.84. The maximum Gasteiger partial charge on any atom is 0.255 e. The van der Waals surface area contributed by atoms with Gasteiger partial charge in [-0.1, -0.05) is 11.6 Å². The average Bonchev–Trinajstić information content (AvgIpc) is 2.43. The van der Waals surface area contributed by atoms with Crippen LogP contribution in [0, 0.1) is 6.92 Å². The van der Waals surface area contributed by atoms with Crippen molar-refractivity contribution in [3.05, 3.63) is 52.8 Å². The van der Waals surface area contributed by atoms with Crippen LogP contribution in [0.1, 0.15) is 29.8 Å². The minimum absolute atomic E-state index is 0.0986. The smallest absolute Gasteiger partial charge is 0.255 e. The fourth-order valence-corrected chi connectivity index (χ4v) is 2.07. The van der Waals surface area contributed by atoms with E-state index in [-0.39, 0.29) is 17.2 Å². The molecule has 1 heterocycles. The molecule has 2 rings (SSSR count). The zero-order valence-corrected chi connectivity index (χ0v) is 12.9. The van der Waals surface area contributed by atoms with Crippen molar-refractivity contribution in [3.8, 4) is 5.75 Å². The lowest BCUT2D eigenvalue weighted by atomic mass is 10.2. The van der Waals surface area contributed by atoms with Crippen molar-refractivity contribution in [1.29, 1.82) is 0 Å². The Morgan fingerprint density at radius 2 is 1.90 bits per heavy atom. The highest BCUT2D eigenvalue weighted by Crippen LogP contribution is 2.23. The number of pyridine rings is 1. The molecular weight excluding hydrogens is 288 g/mol. The van der Waals surface area contributed by atoms with Gasteiger partial charge in [0.2, 0.25) is 0 Å². The number of nitrogens with zero attached hydrogens (tertiary/aromatic N) is 1. The number of aromatic nitrogens is 1. The van der Waals surface area contributed by atoms with E-state index in [0.29, 0.717) is 11.3 Å². The predicted octanol–water partition coefficient (Wildman–Crippen LogP) is 4.08. The zero-order valence-electron chi connectivity index (χ0n) is 12.2. The zero-order chi connectivity index (χ0) is 15.4. The molecule has 0 spiro atoms. The summed E-state index contributed by atoms with van der Waals surface area (Å²) in [4.78, 5) is 16.2. The number of halogens is 1. The van der Waals surface area contributed by atoms with Gasteiger partial charge in [-0.2, -0.15) is 0 Å². The fourth-order valence-electron chi connectivity index (χ4n) is 1.82. The largest absolute Gasteiger partial charge is 0.491 e. The Labute approximate surface area is 129 Å². The van der Waals surface area contributed by atoms with Crippen molar-refractivity contribution in [2.24, 2.45) is 0 Å². The first-order valence-corrected chi connectivity index (χ1v) is 7.04. The minimum Gasteiger partial charge on any atom is -0.491 e.